The number of aliphatic hydroxyl groups excluding tert-OH is 3. The minimum atomic E-state index is -4.60. The Morgan fingerprint density at radius 2 is 1.07 bits per heavy atom. The largest absolute Gasteiger partial charge is 0.462 e. The van der Waals surface area contributed by atoms with Crippen LogP contribution in [0.1, 0.15) is 155 Å². The molecule has 1 rings (SSSR count). The van der Waals surface area contributed by atoms with Gasteiger partial charge < -0.3 is 34.3 Å². The Morgan fingerprint density at radius 3 is 1.62 bits per heavy atom. The van der Waals surface area contributed by atoms with E-state index in [-0.39, 0.29) is 19.4 Å². The summed E-state index contributed by atoms with van der Waals surface area (Å²) in [6.45, 7) is 3.66. The van der Waals surface area contributed by atoms with Crippen molar-refractivity contribution in [2.45, 2.75) is 192 Å². The predicted molar refractivity (Wildman–Crippen MR) is 219 cm³/mol. The van der Waals surface area contributed by atoms with Crippen LogP contribution in [0.2, 0.25) is 0 Å². The molecule has 0 aromatic heterocycles. The Bertz CT molecular complexity index is 1230. The molecule has 2 unspecified atom stereocenters. The fourth-order valence-electron chi connectivity index (χ4n) is 6.07. The van der Waals surface area contributed by atoms with Crippen molar-refractivity contribution in [3.8, 4) is 0 Å². The van der Waals surface area contributed by atoms with Crippen molar-refractivity contribution in [1.29, 1.82) is 0 Å². The lowest BCUT2D eigenvalue weighted by molar-refractivity contribution is -0.297. The summed E-state index contributed by atoms with van der Waals surface area (Å²) in [7, 11) is -4.60. The van der Waals surface area contributed by atoms with Crippen molar-refractivity contribution in [2.75, 3.05) is 19.0 Å². The second kappa shape index (κ2) is 33.6. The third-order valence-electron chi connectivity index (χ3n) is 9.41. The van der Waals surface area contributed by atoms with E-state index in [1.54, 1.807) is 0 Å². The molecule has 1 aliphatic heterocycles. The molecule has 1 heterocycles. The van der Waals surface area contributed by atoms with Gasteiger partial charge in [-0.25, -0.2) is 0 Å². The molecule has 0 saturated carbocycles. The first-order chi connectivity index (χ1) is 27.0. The molecule has 0 amide bonds. The van der Waals surface area contributed by atoms with Crippen molar-refractivity contribution in [3.63, 3.8) is 0 Å². The van der Waals surface area contributed by atoms with Gasteiger partial charge in [-0.05, 0) is 57.8 Å². The number of ether oxygens (including phenoxy) is 4. The van der Waals surface area contributed by atoms with E-state index in [0.717, 1.165) is 64.2 Å². The van der Waals surface area contributed by atoms with E-state index >= 15 is 0 Å². The van der Waals surface area contributed by atoms with Crippen molar-refractivity contribution in [2.24, 2.45) is 0 Å². The summed E-state index contributed by atoms with van der Waals surface area (Å²) in [4.78, 5) is 25.2. The minimum Gasteiger partial charge on any atom is -0.462 e. The topological polar surface area (TPSA) is 186 Å². The summed E-state index contributed by atoms with van der Waals surface area (Å²) < 4.78 is 53.8. The second-order valence-corrected chi connectivity index (χ2v) is 16.2. The molecule has 1 fully saturated rings. The number of carbonyl (C=O) groups excluding carboxylic acids is 2. The highest BCUT2D eigenvalue weighted by Gasteiger charge is 2.46. The maximum Gasteiger partial charge on any atom is 0.306 e. The van der Waals surface area contributed by atoms with Gasteiger partial charge in [-0.2, -0.15) is 8.42 Å². The van der Waals surface area contributed by atoms with Crippen molar-refractivity contribution < 1.29 is 56.8 Å². The molecular formula is C43H74O12S. The van der Waals surface area contributed by atoms with Gasteiger partial charge in [0.25, 0.3) is 10.1 Å². The van der Waals surface area contributed by atoms with Crippen LogP contribution in [0.5, 0.6) is 0 Å². The lowest BCUT2D eigenvalue weighted by Crippen LogP contribution is -2.60. The molecule has 12 nitrogen and oxygen atoms in total. The van der Waals surface area contributed by atoms with E-state index in [4.69, 9.17) is 18.9 Å². The average Bonchev–Trinajstić information content (AvgIpc) is 3.16. The van der Waals surface area contributed by atoms with Crippen molar-refractivity contribution in [1.82, 2.24) is 0 Å². The zero-order valence-corrected chi connectivity index (χ0v) is 35.0. The van der Waals surface area contributed by atoms with Crippen LogP contribution < -0.4 is 0 Å². The highest BCUT2D eigenvalue weighted by Crippen LogP contribution is 2.24. The van der Waals surface area contributed by atoms with Gasteiger partial charge in [-0.15, -0.1) is 0 Å². The van der Waals surface area contributed by atoms with E-state index in [1.165, 1.54) is 51.4 Å². The van der Waals surface area contributed by atoms with Crippen LogP contribution in [0, 0.1) is 0 Å². The first-order valence-corrected chi connectivity index (χ1v) is 22.8. The Balaban J connectivity index is 2.49. The lowest BCUT2D eigenvalue weighted by atomic mass is 10.00. The van der Waals surface area contributed by atoms with Gasteiger partial charge >= 0.3 is 11.9 Å². The zero-order chi connectivity index (χ0) is 41.3. The molecule has 0 aliphatic carbocycles. The molecule has 4 N–H and O–H groups in total. The Hall–Kier alpha value is -2.39. The summed E-state index contributed by atoms with van der Waals surface area (Å²) in [6, 6.07) is 0. The number of unbranched alkanes of at least 4 members (excludes halogenated alkanes) is 14. The van der Waals surface area contributed by atoms with Gasteiger partial charge in [0.2, 0.25) is 0 Å². The number of aliphatic hydroxyl groups is 3. The Morgan fingerprint density at radius 1 is 0.607 bits per heavy atom. The van der Waals surface area contributed by atoms with E-state index in [1.807, 2.05) is 0 Å². The summed E-state index contributed by atoms with van der Waals surface area (Å²) in [5.41, 5.74) is 0. The van der Waals surface area contributed by atoms with Crippen LogP contribution in [0.4, 0.5) is 0 Å². The molecular weight excluding hydrogens is 741 g/mol. The Labute approximate surface area is 337 Å². The molecule has 0 bridgehead atoms. The summed E-state index contributed by atoms with van der Waals surface area (Å²) >= 11 is 0. The number of allylic oxidation sites excluding steroid dienone is 8. The molecule has 56 heavy (non-hydrogen) atoms. The van der Waals surface area contributed by atoms with Crippen LogP contribution >= 0.6 is 0 Å². The normalized spacial score (nSPS) is 21.1. The number of hydrogen-bond donors (Lipinski definition) is 4. The Kier molecular flexibility index (Phi) is 30.9. The highest BCUT2D eigenvalue weighted by atomic mass is 32.2. The zero-order valence-electron chi connectivity index (χ0n) is 34.2. The minimum absolute atomic E-state index is 0.126. The molecule has 324 valence electrons. The fourth-order valence-corrected chi connectivity index (χ4v) is 6.76. The third-order valence-corrected chi connectivity index (χ3v) is 10.2. The van der Waals surface area contributed by atoms with Gasteiger partial charge in [0, 0.05) is 12.8 Å². The van der Waals surface area contributed by atoms with Crippen molar-refractivity contribution in [3.05, 3.63) is 48.6 Å². The maximum absolute atomic E-state index is 12.8. The second-order valence-electron chi connectivity index (χ2n) is 14.7. The van der Waals surface area contributed by atoms with E-state index in [2.05, 4.69) is 62.5 Å². The molecule has 0 aromatic rings. The third kappa shape index (κ3) is 28.1. The van der Waals surface area contributed by atoms with Crippen LogP contribution in [0.25, 0.3) is 0 Å². The number of carbonyl (C=O) groups is 2. The van der Waals surface area contributed by atoms with Crippen LogP contribution in [0.15, 0.2) is 48.6 Å². The van der Waals surface area contributed by atoms with Gasteiger partial charge in [0.05, 0.1) is 6.61 Å². The van der Waals surface area contributed by atoms with E-state index in [0.29, 0.717) is 12.8 Å². The molecule has 13 heteroatoms. The quantitative estimate of drug-likeness (QED) is 0.0213. The SMILES string of the molecule is CCCCC/C=C/C/C=C/C/C=C/C/C=C/CCCCCC(=O)O[C@H](COC(=O)CCCCCCCCCCC)CO[C@H]1O[C@H](CS(=O)(=O)O)[C@@H](O)C(O)C1O. The van der Waals surface area contributed by atoms with Crippen LogP contribution in [-0.4, -0.2) is 96.0 Å². The number of rotatable bonds is 34. The average molecular weight is 815 g/mol. The summed E-state index contributed by atoms with van der Waals surface area (Å²) in [5.74, 6) is -2.03. The van der Waals surface area contributed by atoms with Gasteiger partial charge in [0.1, 0.15) is 36.8 Å². The number of esters is 2. The monoisotopic (exact) mass is 814 g/mol. The van der Waals surface area contributed by atoms with Gasteiger partial charge in [0.15, 0.2) is 12.4 Å². The number of hydrogen-bond acceptors (Lipinski definition) is 11. The summed E-state index contributed by atoms with van der Waals surface area (Å²) in [6.07, 6.45) is 28.9. The van der Waals surface area contributed by atoms with Crippen molar-refractivity contribution >= 4 is 22.1 Å². The molecule has 0 spiro atoms. The van der Waals surface area contributed by atoms with Crippen LogP contribution in [-0.2, 0) is 38.7 Å². The smallest absolute Gasteiger partial charge is 0.306 e. The highest BCUT2D eigenvalue weighted by molar-refractivity contribution is 7.85. The fraction of sp³-hybridized carbons (Fsp3) is 0.767. The molecule has 0 aromatic carbocycles. The first kappa shape index (κ1) is 51.6. The maximum atomic E-state index is 12.8. The van der Waals surface area contributed by atoms with Crippen LogP contribution in [0.3, 0.4) is 0 Å². The molecule has 1 aliphatic rings. The predicted octanol–water partition coefficient (Wildman–Crippen LogP) is 8.00. The van der Waals surface area contributed by atoms with Gasteiger partial charge in [-0.1, -0.05) is 133 Å². The molecule has 6 atom stereocenters. The lowest BCUT2D eigenvalue weighted by Gasteiger charge is -2.40. The van der Waals surface area contributed by atoms with E-state index in [9.17, 15) is 37.9 Å². The van der Waals surface area contributed by atoms with E-state index < -0.39 is 71.2 Å². The molecule has 0 radical (unpaired) electrons. The molecule has 1 saturated heterocycles. The van der Waals surface area contributed by atoms with Gasteiger partial charge in [-0.3, -0.25) is 14.1 Å². The standard InChI is InChI=1S/C43H74O12S/c1-3-5-7-9-11-13-14-15-16-17-18-19-20-21-22-24-26-28-30-32-39(45)54-36(33-52-38(44)31-29-27-25-23-12-10-8-6-4-2)34-53-43-42(48)41(47)40(46)37(55-43)35-56(49,50)51/h11,13,15-16,18-19,21-22,36-37,40-43,46-48H,3-10,12,14,17,20,23-35H2,1-2H3,(H,49,50,51)/b13-11+,16-15+,19-18+,22-21+/t36-,37-,40-,41?,42?,43+/m1/s1. The summed E-state index contributed by atoms with van der Waals surface area (Å²) in [5, 5.41) is 30.8. The first-order valence-electron chi connectivity index (χ1n) is 21.2.